The summed E-state index contributed by atoms with van der Waals surface area (Å²) in [6.07, 6.45) is 3.01. The normalized spacial score (nSPS) is 19.4. The van der Waals surface area contributed by atoms with Crippen molar-refractivity contribution < 1.29 is 23.1 Å². The van der Waals surface area contributed by atoms with E-state index in [1.165, 1.54) is 31.4 Å². The van der Waals surface area contributed by atoms with Gasteiger partial charge in [0.2, 0.25) is 10.0 Å². The number of nitrogens with zero attached hydrogens (tertiary/aromatic N) is 1. The predicted octanol–water partition coefficient (Wildman–Crippen LogP) is 1.61. The van der Waals surface area contributed by atoms with E-state index < -0.39 is 21.9 Å². The number of hydrogen-bond acceptors (Lipinski definition) is 4. The van der Waals surface area contributed by atoms with Crippen LogP contribution in [0.2, 0.25) is 5.02 Å². The molecule has 0 aliphatic carbocycles. The molecule has 0 spiro atoms. The second-order valence-corrected chi connectivity index (χ2v) is 6.80. The highest BCUT2D eigenvalue weighted by molar-refractivity contribution is 7.89. The van der Waals surface area contributed by atoms with Crippen LogP contribution < -0.4 is 4.74 Å². The van der Waals surface area contributed by atoms with Crippen LogP contribution in [-0.4, -0.2) is 44.0 Å². The Morgan fingerprint density at radius 3 is 2.81 bits per heavy atom. The molecule has 0 saturated carbocycles. The highest BCUT2D eigenvalue weighted by Crippen LogP contribution is 2.29. The number of methoxy groups -OCH3 is 1. The quantitative estimate of drug-likeness (QED) is 0.847. The van der Waals surface area contributed by atoms with Crippen LogP contribution >= 0.6 is 11.6 Å². The highest BCUT2D eigenvalue weighted by Gasteiger charge is 2.32. The average molecular weight is 332 g/mol. The van der Waals surface area contributed by atoms with Crippen LogP contribution in [0.5, 0.6) is 5.75 Å². The number of carboxylic acids is 1. The van der Waals surface area contributed by atoms with Crippen molar-refractivity contribution in [2.24, 2.45) is 5.92 Å². The number of hydrogen-bond donors (Lipinski definition) is 1. The Hall–Kier alpha value is -1.57. The van der Waals surface area contributed by atoms with E-state index in [4.69, 9.17) is 21.4 Å². The molecule has 0 radical (unpaired) electrons. The Bertz CT molecular complexity index is 686. The first-order valence-corrected chi connectivity index (χ1v) is 7.91. The van der Waals surface area contributed by atoms with Gasteiger partial charge in [0.1, 0.15) is 10.6 Å². The largest absolute Gasteiger partial charge is 0.497 e. The topological polar surface area (TPSA) is 83.9 Å². The van der Waals surface area contributed by atoms with Crippen molar-refractivity contribution in [1.29, 1.82) is 0 Å². The maximum Gasteiger partial charge on any atom is 0.311 e. The van der Waals surface area contributed by atoms with Crippen LogP contribution in [0, 0.1) is 5.92 Å². The summed E-state index contributed by atoms with van der Waals surface area (Å²) in [5, 5.41) is 9.08. The third kappa shape index (κ3) is 3.20. The van der Waals surface area contributed by atoms with Gasteiger partial charge in [0, 0.05) is 19.2 Å². The Labute approximate surface area is 127 Å². The first-order valence-electron chi connectivity index (χ1n) is 6.09. The summed E-state index contributed by atoms with van der Waals surface area (Å²) < 4.78 is 31.3. The van der Waals surface area contributed by atoms with Gasteiger partial charge in [-0.25, -0.2) is 8.42 Å². The molecular weight excluding hydrogens is 318 g/mol. The van der Waals surface area contributed by atoms with E-state index >= 15 is 0 Å². The first-order chi connectivity index (χ1) is 9.86. The van der Waals surface area contributed by atoms with Crippen molar-refractivity contribution >= 4 is 27.6 Å². The van der Waals surface area contributed by atoms with Gasteiger partial charge in [-0.1, -0.05) is 23.8 Å². The summed E-state index contributed by atoms with van der Waals surface area (Å²) in [6.45, 7) is -0.0125. The van der Waals surface area contributed by atoms with Crippen LogP contribution in [0.15, 0.2) is 35.2 Å². The number of carbonyl (C=O) groups is 1. The SMILES string of the molecule is COc1ccc(Cl)c(S(=O)(=O)N2CC=CC(C(=O)O)C2)c1. The maximum absolute atomic E-state index is 12.6. The molecule has 1 heterocycles. The fraction of sp³-hybridized carbons (Fsp3) is 0.308. The van der Waals surface area contributed by atoms with Crippen molar-refractivity contribution in [3.63, 3.8) is 0 Å². The van der Waals surface area contributed by atoms with Crippen molar-refractivity contribution in [3.8, 4) is 5.75 Å². The number of rotatable bonds is 4. The molecule has 1 aliphatic heterocycles. The summed E-state index contributed by atoms with van der Waals surface area (Å²) in [4.78, 5) is 10.9. The molecule has 0 aromatic heterocycles. The molecule has 1 aromatic carbocycles. The zero-order valence-corrected chi connectivity index (χ0v) is 12.8. The van der Waals surface area contributed by atoms with Crippen molar-refractivity contribution in [2.75, 3.05) is 20.2 Å². The minimum atomic E-state index is -3.88. The lowest BCUT2D eigenvalue weighted by atomic mass is 10.1. The molecular formula is C13H14ClNO5S. The second kappa shape index (κ2) is 6.05. The van der Waals surface area contributed by atoms with Gasteiger partial charge in [0.25, 0.3) is 0 Å². The van der Waals surface area contributed by atoms with Crippen molar-refractivity contribution in [1.82, 2.24) is 4.31 Å². The monoisotopic (exact) mass is 331 g/mol. The first kappa shape index (κ1) is 15.8. The minimum absolute atomic E-state index is 0.0669. The summed E-state index contributed by atoms with van der Waals surface area (Å²) in [5.41, 5.74) is 0. The van der Waals surface area contributed by atoms with Gasteiger partial charge < -0.3 is 9.84 Å². The molecule has 0 amide bonds. The molecule has 1 atom stereocenters. The number of sulfonamides is 1. The van der Waals surface area contributed by atoms with E-state index in [0.717, 1.165) is 4.31 Å². The van der Waals surface area contributed by atoms with Crippen LogP contribution in [0.4, 0.5) is 0 Å². The molecule has 2 rings (SSSR count). The van der Waals surface area contributed by atoms with Gasteiger partial charge >= 0.3 is 5.97 Å². The third-order valence-corrected chi connectivity index (χ3v) is 5.46. The number of halogens is 1. The van der Waals surface area contributed by atoms with Crippen molar-refractivity contribution in [2.45, 2.75) is 4.90 Å². The molecule has 0 saturated heterocycles. The molecule has 1 aliphatic rings. The van der Waals surface area contributed by atoms with E-state index in [-0.39, 0.29) is 23.0 Å². The van der Waals surface area contributed by atoms with Gasteiger partial charge in [-0.15, -0.1) is 0 Å². The highest BCUT2D eigenvalue weighted by atomic mass is 35.5. The lowest BCUT2D eigenvalue weighted by molar-refractivity contribution is -0.140. The molecule has 8 heteroatoms. The lowest BCUT2D eigenvalue weighted by Gasteiger charge is -2.26. The zero-order chi connectivity index (χ0) is 15.6. The minimum Gasteiger partial charge on any atom is -0.497 e. The van der Waals surface area contributed by atoms with E-state index in [1.54, 1.807) is 6.07 Å². The molecule has 114 valence electrons. The molecule has 1 N–H and O–H groups in total. The Kier molecular flexibility index (Phi) is 4.55. The van der Waals surface area contributed by atoms with Crippen molar-refractivity contribution in [3.05, 3.63) is 35.4 Å². The second-order valence-electron chi connectivity index (χ2n) is 4.49. The number of benzene rings is 1. The molecule has 0 fully saturated rings. The van der Waals surface area contributed by atoms with Gasteiger partial charge in [-0.3, -0.25) is 4.79 Å². The average Bonchev–Trinajstić information content (AvgIpc) is 2.47. The van der Waals surface area contributed by atoms with Crippen LogP contribution in [0.1, 0.15) is 0 Å². The summed E-state index contributed by atoms with van der Waals surface area (Å²) in [5.74, 6) is -1.57. The van der Waals surface area contributed by atoms with Gasteiger partial charge in [0.15, 0.2) is 0 Å². The molecule has 21 heavy (non-hydrogen) atoms. The van der Waals surface area contributed by atoms with E-state index in [0.29, 0.717) is 5.75 Å². The van der Waals surface area contributed by atoms with E-state index in [1.807, 2.05) is 0 Å². The number of ether oxygens (including phenoxy) is 1. The van der Waals surface area contributed by atoms with Crippen LogP contribution in [0.25, 0.3) is 0 Å². The predicted molar refractivity (Wildman–Crippen MR) is 77.0 cm³/mol. The zero-order valence-electron chi connectivity index (χ0n) is 11.2. The fourth-order valence-corrected chi connectivity index (χ4v) is 3.91. The molecule has 6 nitrogen and oxygen atoms in total. The Balaban J connectivity index is 2.39. The number of carboxylic acid groups (broad SMARTS) is 1. The standard InChI is InChI=1S/C13H14ClNO5S/c1-20-10-4-5-11(14)12(7-10)21(18,19)15-6-2-3-9(8-15)13(16)17/h2-5,7,9H,6,8H2,1H3,(H,16,17). The summed E-state index contributed by atoms with van der Waals surface area (Å²) in [7, 11) is -2.46. The van der Waals surface area contributed by atoms with E-state index in [9.17, 15) is 13.2 Å². The summed E-state index contributed by atoms with van der Waals surface area (Å²) in [6, 6.07) is 4.31. The fourth-order valence-electron chi connectivity index (χ4n) is 2.00. The third-order valence-electron chi connectivity index (χ3n) is 3.15. The van der Waals surface area contributed by atoms with E-state index in [2.05, 4.69) is 0 Å². The van der Waals surface area contributed by atoms with Crippen LogP contribution in [0.3, 0.4) is 0 Å². The van der Waals surface area contributed by atoms with Gasteiger partial charge in [-0.2, -0.15) is 4.31 Å². The molecule has 1 unspecified atom stereocenters. The smallest absolute Gasteiger partial charge is 0.311 e. The maximum atomic E-state index is 12.6. The molecule has 0 bridgehead atoms. The summed E-state index contributed by atoms with van der Waals surface area (Å²) >= 11 is 5.96. The Morgan fingerprint density at radius 1 is 1.48 bits per heavy atom. The molecule has 1 aromatic rings. The van der Waals surface area contributed by atoms with Gasteiger partial charge in [0.05, 0.1) is 18.1 Å². The Morgan fingerprint density at radius 2 is 2.19 bits per heavy atom. The number of aliphatic carboxylic acids is 1. The lowest BCUT2D eigenvalue weighted by Crippen LogP contribution is -2.40. The van der Waals surface area contributed by atoms with Gasteiger partial charge in [-0.05, 0) is 12.1 Å². The van der Waals surface area contributed by atoms with Crippen LogP contribution in [-0.2, 0) is 14.8 Å².